The van der Waals surface area contributed by atoms with Crippen LogP contribution in [0, 0.1) is 5.41 Å². The number of pyridine rings is 1. The van der Waals surface area contributed by atoms with E-state index in [1.54, 1.807) is 0 Å². The third kappa shape index (κ3) is 6.45. The molecule has 1 fully saturated rings. The van der Waals surface area contributed by atoms with Gasteiger partial charge in [0.15, 0.2) is 5.96 Å². The topological polar surface area (TPSA) is 49.3 Å². The van der Waals surface area contributed by atoms with Gasteiger partial charge in [-0.3, -0.25) is 4.99 Å². The van der Waals surface area contributed by atoms with Gasteiger partial charge in [-0.1, -0.05) is 37.4 Å². The summed E-state index contributed by atoms with van der Waals surface area (Å²) in [6.07, 6.45) is 9.38. The minimum Gasteiger partial charge on any atom is -0.356 e. The van der Waals surface area contributed by atoms with Crippen molar-refractivity contribution < 1.29 is 0 Å². The van der Waals surface area contributed by atoms with Crippen LogP contribution in [-0.2, 0) is 6.42 Å². The molecule has 0 saturated heterocycles. The average Bonchev–Trinajstić information content (AvgIpc) is 3.02. The minimum absolute atomic E-state index is 0. The molecule has 0 amide bonds. The molecule has 1 aliphatic carbocycles. The standard InChI is InChI=1S/C17H27ClN4.HI/c1-3-17(9-4-5-10-17)13-22-16(19-2)20-11-8-14-6-7-15(18)21-12-14;/h6-7,12H,3-5,8-11,13H2,1-2H3,(H2,19,20,22);1H. The lowest BCUT2D eigenvalue weighted by Gasteiger charge is -2.28. The molecule has 6 heteroatoms. The predicted octanol–water partition coefficient (Wildman–Crippen LogP) is 4.03. The molecule has 0 unspecified atom stereocenters. The fourth-order valence-corrected chi connectivity index (χ4v) is 3.26. The number of hydrogen-bond donors (Lipinski definition) is 2. The predicted molar refractivity (Wildman–Crippen MR) is 109 cm³/mol. The van der Waals surface area contributed by atoms with Crippen molar-refractivity contribution in [3.63, 3.8) is 0 Å². The summed E-state index contributed by atoms with van der Waals surface area (Å²) < 4.78 is 0. The largest absolute Gasteiger partial charge is 0.356 e. The molecule has 1 aromatic rings. The van der Waals surface area contributed by atoms with Crippen LogP contribution < -0.4 is 10.6 Å². The number of nitrogens with zero attached hydrogens (tertiary/aromatic N) is 2. The van der Waals surface area contributed by atoms with E-state index < -0.39 is 0 Å². The minimum atomic E-state index is 0. The number of rotatable bonds is 6. The van der Waals surface area contributed by atoms with Crippen LogP contribution >= 0.6 is 35.6 Å². The zero-order chi connectivity index (χ0) is 15.8. The highest BCUT2D eigenvalue weighted by Crippen LogP contribution is 2.40. The highest BCUT2D eigenvalue weighted by atomic mass is 127. The Kier molecular flexibility index (Phi) is 9.20. The second-order valence-electron chi connectivity index (χ2n) is 6.15. The summed E-state index contributed by atoms with van der Waals surface area (Å²) in [6.45, 7) is 4.16. The van der Waals surface area contributed by atoms with Gasteiger partial charge in [-0.05, 0) is 42.7 Å². The molecule has 1 aromatic heterocycles. The average molecular weight is 451 g/mol. The number of guanidine groups is 1. The molecule has 1 aliphatic rings. The lowest BCUT2D eigenvalue weighted by molar-refractivity contribution is 0.283. The molecule has 0 bridgehead atoms. The van der Waals surface area contributed by atoms with Gasteiger partial charge in [-0.2, -0.15) is 0 Å². The maximum Gasteiger partial charge on any atom is 0.191 e. The van der Waals surface area contributed by atoms with Crippen molar-refractivity contribution in [1.82, 2.24) is 15.6 Å². The van der Waals surface area contributed by atoms with Crippen LogP contribution in [0.5, 0.6) is 0 Å². The molecule has 0 aromatic carbocycles. The van der Waals surface area contributed by atoms with Crippen LogP contribution in [0.1, 0.15) is 44.6 Å². The van der Waals surface area contributed by atoms with Gasteiger partial charge < -0.3 is 10.6 Å². The van der Waals surface area contributed by atoms with Crippen molar-refractivity contribution in [3.05, 3.63) is 29.0 Å². The zero-order valence-corrected chi connectivity index (χ0v) is 17.2. The van der Waals surface area contributed by atoms with Gasteiger partial charge in [-0.25, -0.2) is 4.98 Å². The molecule has 1 saturated carbocycles. The van der Waals surface area contributed by atoms with E-state index in [0.717, 1.165) is 25.5 Å². The van der Waals surface area contributed by atoms with E-state index in [1.807, 2.05) is 25.4 Å². The fourth-order valence-electron chi connectivity index (χ4n) is 3.15. The Bertz CT molecular complexity index is 484. The van der Waals surface area contributed by atoms with E-state index in [4.69, 9.17) is 11.6 Å². The Morgan fingerprint density at radius 1 is 1.30 bits per heavy atom. The molecule has 0 aliphatic heterocycles. The first kappa shape index (κ1) is 20.5. The van der Waals surface area contributed by atoms with Gasteiger partial charge in [0.25, 0.3) is 0 Å². The highest BCUT2D eigenvalue weighted by Gasteiger charge is 2.31. The molecule has 0 spiro atoms. The van der Waals surface area contributed by atoms with E-state index in [1.165, 1.54) is 37.7 Å². The molecule has 130 valence electrons. The molecule has 4 nitrogen and oxygen atoms in total. The van der Waals surface area contributed by atoms with Gasteiger partial charge in [0.2, 0.25) is 0 Å². The Labute approximate surface area is 161 Å². The monoisotopic (exact) mass is 450 g/mol. The van der Waals surface area contributed by atoms with Gasteiger partial charge in [0.05, 0.1) is 0 Å². The Morgan fingerprint density at radius 3 is 2.61 bits per heavy atom. The Balaban J connectivity index is 0.00000264. The molecule has 0 radical (unpaired) electrons. The first-order chi connectivity index (χ1) is 10.7. The van der Waals surface area contributed by atoms with Gasteiger partial charge >= 0.3 is 0 Å². The number of hydrogen-bond acceptors (Lipinski definition) is 2. The molecule has 2 N–H and O–H groups in total. The van der Waals surface area contributed by atoms with Crippen LogP contribution in [0.2, 0.25) is 5.15 Å². The molecule has 23 heavy (non-hydrogen) atoms. The van der Waals surface area contributed by atoms with E-state index in [2.05, 4.69) is 27.5 Å². The van der Waals surface area contributed by atoms with Crippen molar-refractivity contribution in [2.75, 3.05) is 20.1 Å². The van der Waals surface area contributed by atoms with Crippen LogP contribution in [0.25, 0.3) is 0 Å². The van der Waals surface area contributed by atoms with Crippen LogP contribution in [0.15, 0.2) is 23.3 Å². The third-order valence-corrected chi connectivity index (χ3v) is 4.99. The van der Waals surface area contributed by atoms with Crippen molar-refractivity contribution in [3.8, 4) is 0 Å². The first-order valence-corrected chi connectivity index (χ1v) is 8.60. The SMILES string of the molecule is CCC1(CNC(=NC)NCCc2ccc(Cl)nc2)CCCC1.I. The lowest BCUT2D eigenvalue weighted by atomic mass is 9.83. The summed E-state index contributed by atoms with van der Waals surface area (Å²) in [6, 6.07) is 3.84. The van der Waals surface area contributed by atoms with Crippen LogP contribution in [-0.4, -0.2) is 31.1 Å². The molecule has 1 heterocycles. The van der Waals surface area contributed by atoms with Crippen LogP contribution in [0.4, 0.5) is 0 Å². The van der Waals surface area contributed by atoms with Gasteiger partial charge in [0, 0.05) is 26.3 Å². The third-order valence-electron chi connectivity index (χ3n) is 4.76. The second kappa shape index (κ2) is 10.3. The quantitative estimate of drug-likeness (QED) is 0.298. The summed E-state index contributed by atoms with van der Waals surface area (Å²) >= 11 is 5.79. The van der Waals surface area contributed by atoms with Crippen molar-refractivity contribution >= 4 is 41.5 Å². The van der Waals surface area contributed by atoms with E-state index in [-0.39, 0.29) is 24.0 Å². The molecule has 2 rings (SSSR count). The Hall–Kier alpha value is -0.560. The van der Waals surface area contributed by atoms with E-state index >= 15 is 0 Å². The van der Waals surface area contributed by atoms with Crippen molar-refractivity contribution in [2.24, 2.45) is 10.4 Å². The molecular weight excluding hydrogens is 423 g/mol. The van der Waals surface area contributed by atoms with Crippen LogP contribution in [0.3, 0.4) is 0 Å². The van der Waals surface area contributed by atoms with E-state index in [9.17, 15) is 0 Å². The summed E-state index contributed by atoms with van der Waals surface area (Å²) in [5, 5.41) is 7.41. The van der Waals surface area contributed by atoms with E-state index in [0.29, 0.717) is 10.6 Å². The number of aromatic nitrogens is 1. The smallest absolute Gasteiger partial charge is 0.191 e. The summed E-state index contributed by atoms with van der Waals surface area (Å²) in [4.78, 5) is 8.42. The Morgan fingerprint density at radius 2 is 2.04 bits per heavy atom. The summed E-state index contributed by atoms with van der Waals surface area (Å²) in [5.74, 6) is 0.890. The normalized spacial score (nSPS) is 16.7. The fraction of sp³-hybridized carbons (Fsp3) is 0.647. The number of halogens is 2. The lowest BCUT2D eigenvalue weighted by Crippen LogP contribution is -2.43. The first-order valence-electron chi connectivity index (χ1n) is 8.22. The summed E-state index contributed by atoms with van der Waals surface area (Å²) in [7, 11) is 1.83. The molecular formula is C17H28ClIN4. The van der Waals surface area contributed by atoms with Crippen molar-refractivity contribution in [2.45, 2.75) is 45.4 Å². The van der Waals surface area contributed by atoms with Gasteiger partial charge in [-0.15, -0.1) is 24.0 Å². The maximum absolute atomic E-state index is 5.79. The maximum atomic E-state index is 5.79. The number of aliphatic imine (C=N–C) groups is 1. The highest BCUT2D eigenvalue weighted by molar-refractivity contribution is 14.0. The molecule has 0 atom stereocenters. The van der Waals surface area contributed by atoms with Crippen molar-refractivity contribution in [1.29, 1.82) is 0 Å². The zero-order valence-electron chi connectivity index (χ0n) is 14.1. The van der Waals surface area contributed by atoms with Gasteiger partial charge in [0.1, 0.15) is 5.15 Å². The summed E-state index contributed by atoms with van der Waals surface area (Å²) in [5.41, 5.74) is 1.64. The second-order valence-corrected chi connectivity index (χ2v) is 6.54. The number of nitrogens with one attached hydrogen (secondary N) is 2.